The van der Waals surface area contributed by atoms with E-state index in [1.54, 1.807) is 4.90 Å². The third-order valence-electron chi connectivity index (χ3n) is 3.39. The zero-order valence-corrected chi connectivity index (χ0v) is 15.2. The number of aromatic carboxylic acids is 1. The van der Waals surface area contributed by atoms with Crippen LogP contribution < -0.4 is 4.72 Å². The summed E-state index contributed by atoms with van der Waals surface area (Å²) in [5.41, 5.74) is -0.283. The molecule has 140 valence electrons. The Bertz CT molecular complexity index is 711. The summed E-state index contributed by atoms with van der Waals surface area (Å²) in [4.78, 5) is 25.2. The second kappa shape index (κ2) is 9.50. The van der Waals surface area contributed by atoms with Crippen LogP contribution in [0.25, 0.3) is 0 Å². The largest absolute Gasteiger partial charge is 0.478 e. The molecule has 0 fully saturated rings. The number of aliphatic hydroxyl groups is 1. The molecule has 0 aliphatic carbocycles. The van der Waals surface area contributed by atoms with Gasteiger partial charge in [-0.3, -0.25) is 4.79 Å². The number of hydrogen-bond acceptors (Lipinski definition) is 5. The summed E-state index contributed by atoms with van der Waals surface area (Å²) in [6, 6.07) is 3.32. The number of aliphatic hydroxyl groups excluding tert-OH is 1. The number of rotatable bonds is 10. The average Bonchev–Trinajstić information content (AvgIpc) is 2.58. The Morgan fingerprint density at radius 2 is 1.64 bits per heavy atom. The van der Waals surface area contributed by atoms with Crippen LogP contribution in [-0.2, 0) is 10.0 Å². The fourth-order valence-electron chi connectivity index (χ4n) is 2.30. The van der Waals surface area contributed by atoms with E-state index >= 15 is 0 Å². The van der Waals surface area contributed by atoms with Gasteiger partial charge >= 0.3 is 5.97 Å². The zero-order chi connectivity index (χ0) is 19.0. The number of carboxylic acid groups (broad SMARTS) is 1. The first kappa shape index (κ1) is 21.1. The number of nitrogens with one attached hydrogen (secondary N) is 1. The van der Waals surface area contributed by atoms with Gasteiger partial charge in [-0.05, 0) is 31.0 Å². The van der Waals surface area contributed by atoms with Gasteiger partial charge in [0.2, 0.25) is 10.0 Å². The molecule has 0 aromatic heterocycles. The van der Waals surface area contributed by atoms with Gasteiger partial charge in [0.25, 0.3) is 5.91 Å². The maximum atomic E-state index is 12.7. The summed E-state index contributed by atoms with van der Waals surface area (Å²) >= 11 is 0. The molecule has 25 heavy (non-hydrogen) atoms. The van der Waals surface area contributed by atoms with Gasteiger partial charge in [0.1, 0.15) is 0 Å². The molecule has 0 unspecified atom stereocenters. The van der Waals surface area contributed by atoms with Crippen LogP contribution in [0.1, 0.15) is 47.4 Å². The molecule has 0 saturated carbocycles. The first-order valence-electron chi connectivity index (χ1n) is 8.05. The second-order valence-corrected chi connectivity index (χ2v) is 7.23. The standard InChI is InChI=1S/C16H24N2O6S/c1-3-6-18(7-4-2)15(20)12-9-13(16(21)22)11-14(10-12)25(23,24)17-5-8-19/h9-11,17,19H,3-8H2,1-2H3,(H,21,22). The van der Waals surface area contributed by atoms with Crippen molar-refractivity contribution >= 4 is 21.9 Å². The molecule has 1 aromatic rings. The summed E-state index contributed by atoms with van der Waals surface area (Å²) in [6.45, 7) is 4.21. The molecule has 0 aliphatic rings. The van der Waals surface area contributed by atoms with Crippen molar-refractivity contribution in [2.24, 2.45) is 0 Å². The highest BCUT2D eigenvalue weighted by Gasteiger charge is 2.22. The maximum absolute atomic E-state index is 12.7. The van der Waals surface area contributed by atoms with Crippen LogP contribution in [0, 0.1) is 0 Å². The molecular weight excluding hydrogens is 348 g/mol. The van der Waals surface area contributed by atoms with Gasteiger partial charge in [-0.25, -0.2) is 17.9 Å². The van der Waals surface area contributed by atoms with E-state index in [1.807, 2.05) is 13.8 Å². The van der Waals surface area contributed by atoms with E-state index in [4.69, 9.17) is 5.11 Å². The molecule has 0 spiro atoms. The Hall–Kier alpha value is -1.97. The molecule has 0 atom stereocenters. The number of carbonyl (C=O) groups is 2. The number of carboxylic acids is 1. The van der Waals surface area contributed by atoms with Crippen molar-refractivity contribution in [3.63, 3.8) is 0 Å². The lowest BCUT2D eigenvalue weighted by Crippen LogP contribution is -2.33. The number of hydrogen-bond donors (Lipinski definition) is 3. The number of nitrogens with zero attached hydrogens (tertiary/aromatic N) is 1. The predicted octanol–water partition coefficient (Wildman–Crippen LogP) is 0.918. The van der Waals surface area contributed by atoms with Crippen molar-refractivity contribution in [2.75, 3.05) is 26.2 Å². The van der Waals surface area contributed by atoms with E-state index < -0.39 is 28.5 Å². The van der Waals surface area contributed by atoms with Crippen LogP contribution in [0.4, 0.5) is 0 Å². The molecular formula is C16H24N2O6S. The Labute approximate surface area is 147 Å². The molecule has 8 nitrogen and oxygen atoms in total. The van der Waals surface area contributed by atoms with Crippen molar-refractivity contribution in [1.82, 2.24) is 9.62 Å². The number of carbonyl (C=O) groups excluding carboxylic acids is 1. The summed E-state index contributed by atoms with van der Waals surface area (Å²) in [7, 11) is -4.03. The fourth-order valence-corrected chi connectivity index (χ4v) is 3.39. The third kappa shape index (κ3) is 5.80. The Balaban J connectivity index is 3.36. The number of benzene rings is 1. The molecule has 0 heterocycles. The average molecular weight is 372 g/mol. The van der Waals surface area contributed by atoms with Crippen LogP contribution in [0.3, 0.4) is 0 Å². The molecule has 9 heteroatoms. The van der Waals surface area contributed by atoms with Crippen LogP contribution >= 0.6 is 0 Å². The quantitative estimate of drug-likeness (QED) is 0.561. The Morgan fingerprint density at radius 3 is 2.12 bits per heavy atom. The second-order valence-electron chi connectivity index (χ2n) is 5.46. The van der Waals surface area contributed by atoms with E-state index in [-0.39, 0.29) is 22.6 Å². The third-order valence-corrected chi connectivity index (χ3v) is 4.83. The lowest BCUT2D eigenvalue weighted by molar-refractivity contribution is 0.0696. The van der Waals surface area contributed by atoms with E-state index in [2.05, 4.69) is 4.72 Å². The van der Waals surface area contributed by atoms with Gasteiger partial charge in [0.15, 0.2) is 0 Å². The highest BCUT2D eigenvalue weighted by atomic mass is 32.2. The van der Waals surface area contributed by atoms with Crippen LogP contribution in [0.2, 0.25) is 0 Å². The molecule has 0 bridgehead atoms. The molecule has 3 N–H and O–H groups in total. The lowest BCUT2D eigenvalue weighted by Gasteiger charge is -2.22. The van der Waals surface area contributed by atoms with Gasteiger partial charge < -0.3 is 15.1 Å². The minimum absolute atomic E-state index is 0.00572. The van der Waals surface area contributed by atoms with Crippen molar-refractivity contribution < 1.29 is 28.2 Å². The normalized spacial score (nSPS) is 11.3. The minimum atomic E-state index is -4.03. The first-order valence-corrected chi connectivity index (χ1v) is 9.53. The Morgan fingerprint density at radius 1 is 1.08 bits per heavy atom. The lowest BCUT2D eigenvalue weighted by atomic mass is 10.1. The van der Waals surface area contributed by atoms with Gasteiger partial charge in [-0.15, -0.1) is 0 Å². The topological polar surface area (TPSA) is 124 Å². The highest BCUT2D eigenvalue weighted by Crippen LogP contribution is 2.18. The summed E-state index contributed by atoms with van der Waals surface area (Å²) in [5, 5.41) is 18.0. The fraction of sp³-hybridized carbons (Fsp3) is 0.500. The SMILES string of the molecule is CCCN(CCC)C(=O)c1cc(C(=O)O)cc(S(=O)(=O)NCCO)c1. The molecule has 0 saturated heterocycles. The number of amides is 1. The summed E-state index contributed by atoms with van der Waals surface area (Å²) < 4.78 is 26.6. The van der Waals surface area contributed by atoms with Gasteiger partial charge in [0, 0.05) is 25.2 Å². The van der Waals surface area contributed by atoms with E-state index in [0.29, 0.717) is 13.1 Å². The molecule has 1 rings (SSSR count). The monoisotopic (exact) mass is 372 g/mol. The minimum Gasteiger partial charge on any atom is -0.478 e. The smallest absolute Gasteiger partial charge is 0.335 e. The van der Waals surface area contributed by atoms with Crippen LogP contribution in [-0.4, -0.2) is 61.6 Å². The van der Waals surface area contributed by atoms with Crippen molar-refractivity contribution in [3.8, 4) is 0 Å². The van der Waals surface area contributed by atoms with Gasteiger partial charge in [-0.2, -0.15) is 0 Å². The Kier molecular flexibility index (Phi) is 8.01. The van der Waals surface area contributed by atoms with Crippen molar-refractivity contribution in [1.29, 1.82) is 0 Å². The maximum Gasteiger partial charge on any atom is 0.335 e. The molecule has 0 aliphatic heterocycles. The van der Waals surface area contributed by atoms with Crippen LogP contribution in [0.15, 0.2) is 23.1 Å². The molecule has 0 radical (unpaired) electrons. The zero-order valence-electron chi connectivity index (χ0n) is 14.4. The molecule has 1 aromatic carbocycles. The van der Waals surface area contributed by atoms with Crippen molar-refractivity contribution in [3.05, 3.63) is 29.3 Å². The van der Waals surface area contributed by atoms with Crippen LogP contribution in [0.5, 0.6) is 0 Å². The van der Waals surface area contributed by atoms with E-state index in [9.17, 15) is 23.1 Å². The number of sulfonamides is 1. The van der Waals surface area contributed by atoms with E-state index in [1.165, 1.54) is 6.07 Å². The first-order chi connectivity index (χ1) is 11.8. The van der Waals surface area contributed by atoms with Gasteiger partial charge in [-0.1, -0.05) is 13.8 Å². The highest BCUT2D eigenvalue weighted by molar-refractivity contribution is 7.89. The van der Waals surface area contributed by atoms with E-state index in [0.717, 1.165) is 25.0 Å². The predicted molar refractivity (Wildman–Crippen MR) is 92.2 cm³/mol. The summed E-state index contributed by atoms with van der Waals surface area (Å²) in [6.07, 6.45) is 1.46. The molecule has 1 amide bonds. The summed E-state index contributed by atoms with van der Waals surface area (Å²) in [5.74, 6) is -1.74. The van der Waals surface area contributed by atoms with Crippen molar-refractivity contribution in [2.45, 2.75) is 31.6 Å². The van der Waals surface area contributed by atoms with Gasteiger partial charge in [0.05, 0.1) is 17.1 Å².